The Labute approximate surface area is 123 Å². The van der Waals surface area contributed by atoms with Gasteiger partial charge in [-0.05, 0) is 11.6 Å². The van der Waals surface area contributed by atoms with Gasteiger partial charge in [0, 0.05) is 18.0 Å². The molecule has 0 aliphatic carbocycles. The van der Waals surface area contributed by atoms with Crippen molar-refractivity contribution in [3.05, 3.63) is 84.1 Å². The summed E-state index contributed by atoms with van der Waals surface area (Å²) in [5.74, 6) is -0.809. The van der Waals surface area contributed by atoms with Crippen molar-refractivity contribution in [2.45, 2.75) is 11.5 Å². The maximum atomic E-state index is 12.7. The van der Waals surface area contributed by atoms with Crippen LogP contribution in [-0.2, 0) is 0 Å². The molecule has 0 fully saturated rings. The predicted molar refractivity (Wildman–Crippen MR) is 82.5 cm³/mol. The fourth-order valence-electron chi connectivity index (χ4n) is 2.55. The number of rotatable bonds is 3. The van der Waals surface area contributed by atoms with Gasteiger partial charge in [-0.2, -0.15) is 0 Å². The summed E-state index contributed by atoms with van der Waals surface area (Å²) in [6.45, 7) is 0. The molecule has 2 aromatic carbocycles. The van der Waals surface area contributed by atoms with E-state index in [1.807, 2.05) is 36.4 Å². The van der Waals surface area contributed by atoms with Crippen LogP contribution in [-0.4, -0.2) is 22.7 Å². The lowest BCUT2D eigenvalue weighted by molar-refractivity contribution is 0.0494. The van der Waals surface area contributed by atoms with E-state index in [0.717, 1.165) is 5.56 Å². The highest BCUT2D eigenvalue weighted by Crippen LogP contribution is 2.33. The molecule has 1 aliphatic rings. The second-order valence-electron chi connectivity index (χ2n) is 5.02. The Morgan fingerprint density at radius 2 is 1.62 bits per heavy atom. The number of hydrogen-bond donors (Lipinski definition) is 1. The lowest BCUT2D eigenvalue weighted by Crippen LogP contribution is -2.44. The molecule has 3 nitrogen and oxygen atoms in total. The first-order chi connectivity index (χ1) is 10.2. The Morgan fingerprint density at radius 3 is 2.29 bits per heavy atom. The summed E-state index contributed by atoms with van der Waals surface area (Å²) in [4.78, 5) is 16.8. The predicted octanol–water partition coefficient (Wildman–Crippen LogP) is 2.98. The number of hydrogen-bond acceptors (Lipinski definition) is 3. The summed E-state index contributed by atoms with van der Waals surface area (Å²) in [6.07, 6.45) is 4.57. The van der Waals surface area contributed by atoms with Crippen molar-refractivity contribution in [1.29, 1.82) is 0 Å². The first kappa shape index (κ1) is 13.5. The largest absolute Gasteiger partial charge is 0.376 e. The van der Waals surface area contributed by atoms with E-state index >= 15 is 0 Å². The zero-order chi connectivity index (χ0) is 14.7. The van der Waals surface area contributed by atoms with E-state index < -0.39 is 11.5 Å². The number of aliphatic hydroxyl groups is 1. The van der Waals surface area contributed by atoms with Crippen LogP contribution in [0.3, 0.4) is 0 Å². The van der Waals surface area contributed by atoms with Gasteiger partial charge in [-0.25, -0.2) is 0 Å². The van der Waals surface area contributed by atoms with Crippen molar-refractivity contribution in [2.24, 2.45) is 4.99 Å². The molecule has 0 bridgehead atoms. The standard InChI is InChI=1S/C18H15NO2/c20-17(15-9-5-2-6-10-15)18(21)11-12-19-13-16(18)14-7-3-1-4-8-14/h1-13,16,21H. The Morgan fingerprint density at radius 1 is 1.00 bits per heavy atom. The number of Topliss-reactive ketones (excluding diaryl/α,β-unsaturated/α-hetero) is 1. The zero-order valence-corrected chi connectivity index (χ0v) is 11.4. The number of benzene rings is 2. The second kappa shape index (κ2) is 5.46. The van der Waals surface area contributed by atoms with Gasteiger partial charge in [0.05, 0.1) is 5.92 Å². The quantitative estimate of drug-likeness (QED) is 0.877. The van der Waals surface area contributed by atoms with Gasteiger partial charge in [0.1, 0.15) is 0 Å². The van der Waals surface area contributed by atoms with E-state index in [2.05, 4.69) is 4.99 Å². The van der Waals surface area contributed by atoms with Crippen molar-refractivity contribution in [3.63, 3.8) is 0 Å². The van der Waals surface area contributed by atoms with Gasteiger partial charge in [-0.1, -0.05) is 60.7 Å². The molecule has 0 saturated heterocycles. The Bertz CT molecular complexity index is 692. The van der Waals surface area contributed by atoms with Crippen molar-refractivity contribution < 1.29 is 9.90 Å². The number of carbonyl (C=O) groups excluding carboxylic acids is 1. The fraction of sp³-hybridized carbons (Fsp3) is 0.111. The van der Waals surface area contributed by atoms with E-state index in [1.165, 1.54) is 12.3 Å². The Kier molecular flexibility index (Phi) is 3.50. The molecule has 21 heavy (non-hydrogen) atoms. The molecule has 1 heterocycles. The van der Waals surface area contributed by atoms with E-state index in [4.69, 9.17) is 0 Å². The van der Waals surface area contributed by atoms with Crippen molar-refractivity contribution >= 4 is 12.0 Å². The average Bonchev–Trinajstić information content (AvgIpc) is 2.56. The van der Waals surface area contributed by atoms with E-state index in [1.54, 1.807) is 30.5 Å². The van der Waals surface area contributed by atoms with Crippen molar-refractivity contribution in [1.82, 2.24) is 0 Å². The second-order valence-corrected chi connectivity index (χ2v) is 5.02. The summed E-state index contributed by atoms with van der Waals surface area (Å²) in [6, 6.07) is 18.3. The maximum absolute atomic E-state index is 12.7. The molecule has 2 aromatic rings. The smallest absolute Gasteiger partial charge is 0.199 e. The van der Waals surface area contributed by atoms with Crippen LogP contribution in [0.4, 0.5) is 0 Å². The Hall–Kier alpha value is -2.52. The summed E-state index contributed by atoms with van der Waals surface area (Å²) in [7, 11) is 0. The normalized spacial score (nSPS) is 24.0. The van der Waals surface area contributed by atoms with Crippen molar-refractivity contribution in [2.75, 3.05) is 0 Å². The SMILES string of the molecule is O=C(c1ccccc1)C1(O)C=CN=CC1c1ccccc1. The molecule has 104 valence electrons. The number of ketones is 1. The van der Waals surface area contributed by atoms with Crippen LogP contribution < -0.4 is 0 Å². The summed E-state index contributed by atoms with van der Waals surface area (Å²) < 4.78 is 0. The van der Waals surface area contributed by atoms with Gasteiger partial charge in [0.15, 0.2) is 11.4 Å². The van der Waals surface area contributed by atoms with Crippen molar-refractivity contribution in [3.8, 4) is 0 Å². The molecule has 0 spiro atoms. The van der Waals surface area contributed by atoms with Crippen LogP contribution in [0.2, 0.25) is 0 Å². The molecule has 0 saturated carbocycles. The lowest BCUT2D eigenvalue weighted by atomic mass is 9.77. The molecule has 1 N–H and O–H groups in total. The highest BCUT2D eigenvalue weighted by molar-refractivity contribution is 6.07. The van der Waals surface area contributed by atoms with Gasteiger partial charge >= 0.3 is 0 Å². The number of nitrogens with zero attached hydrogens (tertiary/aromatic N) is 1. The Balaban J connectivity index is 2.03. The topological polar surface area (TPSA) is 49.7 Å². The molecule has 0 amide bonds. The maximum Gasteiger partial charge on any atom is 0.199 e. The highest BCUT2D eigenvalue weighted by Gasteiger charge is 2.43. The molecule has 0 radical (unpaired) electrons. The number of carbonyl (C=O) groups is 1. The highest BCUT2D eigenvalue weighted by atomic mass is 16.3. The van der Waals surface area contributed by atoms with E-state index in [0.29, 0.717) is 5.56 Å². The van der Waals surface area contributed by atoms with Gasteiger partial charge in [-0.15, -0.1) is 0 Å². The fourth-order valence-corrected chi connectivity index (χ4v) is 2.55. The summed E-state index contributed by atoms with van der Waals surface area (Å²) in [5.41, 5.74) is -0.261. The minimum Gasteiger partial charge on any atom is -0.376 e. The van der Waals surface area contributed by atoms with Gasteiger partial charge in [-0.3, -0.25) is 9.79 Å². The number of aliphatic imine (C=N–C) groups is 1. The molecule has 1 aliphatic heterocycles. The molecular weight excluding hydrogens is 262 g/mol. The first-order valence-corrected chi connectivity index (χ1v) is 6.80. The molecule has 2 atom stereocenters. The minimum atomic E-state index is -1.61. The van der Waals surface area contributed by atoms with Crippen LogP contribution >= 0.6 is 0 Å². The van der Waals surface area contributed by atoms with Crippen LogP contribution in [0.15, 0.2) is 77.9 Å². The molecule has 3 rings (SSSR count). The van der Waals surface area contributed by atoms with Gasteiger partial charge in [0.2, 0.25) is 0 Å². The summed E-state index contributed by atoms with van der Waals surface area (Å²) >= 11 is 0. The third-order valence-electron chi connectivity index (χ3n) is 3.68. The molecule has 3 heteroatoms. The molecule has 0 aromatic heterocycles. The van der Waals surface area contributed by atoms with Crippen LogP contribution in [0.25, 0.3) is 0 Å². The van der Waals surface area contributed by atoms with Crippen LogP contribution in [0.1, 0.15) is 21.8 Å². The van der Waals surface area contributed by atoms with E-state index in [9.17, 15) is 9.90 Å². The monoisotopic (exact) mass is 277 g/mol. The van der Waals surface area contributed by atoms with Crippen LogP contribution in [0.5, 0.6) is 0 Å². The third kappa shape index (κ3) is 2.43. The molecule has 2 unspecified atom stereocenters. The average molecular weight is 277 g/mol. The molecular formula is C18H15NO2. The zero-order valence-electron chi connectivity index (χ0n) is 11.4. The minimum absolute atomic E-state index is 0.320. The van der Waals surface area contributed by atoms with Crippen LogP contribution in [0, 0.1) is 0 Å². The van der Waals surface area contributed by atoms with Gasteiger partial charge in [0.25, 0.3) is 0 Å². The van der Waals surface area contributed by atoms with E-state index in [-0.39, 0.29) is 5.78 Å². The van der Waals surface area contributed by atoms with Gasteiger partial charge < -0.3 is 5.11 Å². The first-order valence-electron chi connectivity index (χ1n) is 6.80. The lowest BCUT2D eigenvalue weighted by Gasteiger charge is -2.32. The third-order valence-corrected chi connectivity index (χ3v) is 3.68. The summed E-state index contributed by atoms with van der Waals surface area (Å²) in [5, 5.41) is 11.0.